The molecule has 0 bridgehead atoms. The number of fused-ring (bicyclic) bond motifs is 1. The molecule has 4 heteroatoms. The molecule has 0 aliphatic carbocycles. The Balaban J connectivity index is 2.96. The SMILES string of the molecule is N#Cc1cc2c(Br)ccc(Br)c2cc1C#N. The largest absolute Gasteiger partial charge is 0.192 e. The van der Waals surface area contributed by atoms with Gasteiger partial charge in [-0.05, 0) is 35.0 Å². The number of rotatable bonds is 0. The summed E-state index contributed by atoms with van der Waals surface area (Å²) in [5.74, 6) is 0. The van der Waals surface area contributed by atoms with Crippen LogP contribution < -0.4 is 0 Å². The van der Waals surface area contributed by atoms with E-state index < -0.39 is 0 Å². The Morgan fingerprint density at radius 1 is 0.812 bits per heavy atom. The molecule has 0 unspecified atom stereocenters. The van der Waals surface area contributed by atoms with Crippen LogP contribution in [0, 0.1) is 22.7 Å². The molecule has 0 heterocycles. The second-order valence-electron chi connectivity index (χ2n) is 3.20. The van der Waals surface area contributed by atoms with Gasteiger partial charge in [0.2, 0.25) is 0 Å². The molecule has 16 heavy (non-hydrogen) atoms. The van der Waals surface area contributed by atoms with E-state index in [9.17, 15) is 0 Å². The normalized spacial score (nSPS) is 9.75. The van der Waals surface area contributed by atoms with Gasteiger partial charge in [0.1, 0.15) is 12.1 Å². The first-order valence-corrected chi connectivity index (χ1v) is 5.98. The van der Waals surface area contributed by atoms with E-state index in [4.69, 9.17) is 10.5 Å². The predicted octanol–water partition coefficient (Wildman–Crippen LogP) is 4.11. The number of nitriles is 2. The van der Waals surface area contributed by atoms with Crippen molar-refractivity contribution in [3.8, 4) is 12.1 Å². The molecule has 0 aliphatic rings. The van der Waals surface area contributed by atoms with Gasteiger partial charge >= 0.3 is 0 Å². The maximum Gasteiger partial charge on any atom is 0.101 e. The number of benzene rings is 2. The molecule has 0 amide bonds. The van der Waals surface area contributed by atoms with Crippen LogP contribution in [0.15, 0.2) is 33.2 Å². The standard InChI is InChI=1S/C12H4Br2N2/c13-11-1-2-12(14)10-4-8(6-16)7(5-15)3-9(10)11/h1-4H. The number of hydrogen-bond donors (Lipinski definition) is 0. The molecule has 0 aromatic heterocycles. The molecule has 0 saturated heterocycles. The summed E-state index contributed by atoms with van der Waals surface area (Å²) >= 11 is 6.86. The van der Waals surface area contributed by atoms with Crippen molar-refractivity contribution in [3.63, 3.8) is 0 Å². The first-order valence-electron chi connectivity index (χ1n) is 4.39. The Morgan fingerprint density at radius 3 is 1.50 bits per heavy atom. The Bertz CT molecular complexity index is 605. The molecule has 0 N–H and O–H groups in total. The lowest BCUT2D eigenvalue weighted by Gasteiger charge is -2.05. The van der Waals surface area contributed by atoms with Gasteiger partial charge in [0.25, 0.3) is 0 Å². The third-order valence-corrected chi connectivity index (χ3v) is 3.67. The molecule has 0 radical (unpaired) electrons. The molecular weight excluding hydrogens is 332 g/mol. The highest BCUT2D eigenvalue weighted by molar-refractivity contribution is 9.11. The van der Waals surface area contributed by atoms with Crippen molar-refractivity contribution < 1.29 is 0 Å². The van der Waals surface area contributed by atoms with E-state index in [0.717, 1.165) is 19.7 Å². The van der Waals surface area contributed by atoms with Crippen LogP contribution in [0.5, 0.6) is 0 Å². The van der Waals surface area contributed by atoms with Crippen LogP contribution >= 0.6 is 31.9 Å². The predicted molar refractivity (Wildman–Crippen MR) is 68.8 cm³/mol. The van der Waals surface area contributed by atoms with Gasteiger partial charge in [-0.25, -0.2) is 0 Å². The average molecular weight is 336 g/mol. The van der Waals surface area contributed by atoms with Gasteiger partial charge in [-0.1, -0.05) is 31.9 Å². The van der Waals surface area contributed by atoms with Crippen molar-refractivity contribution in [1.29, 1.82) is 10.5 Å². The van der Waals surface area contributed by atoms with Crippen LogP contribution in [-0.2, 0) is 0 Å². The van der Waals surface area contributed by atoms with E-state index in [-0.39, 0.29) is 0 Å². The molecule has 76 valence electrons. The molecular formula is C12H4Br2N2. The number of hydrogen-bond acceptors (Lipinski definition) is 2. The average Bonchev–Trinajstić information content (AvgIpc) is 2.32. The number of halogens is 2. The third-order valence-electron chi connectivity index (χ3n) is 2.29. The zero-order valence-corrected chi connectivity index (χ0v) is 11.1. The quantitative estimate of drug-likeness (QED) is 0.727. The van der Waals surface area contributed by atoms with E-state index in [1.807, 2.05) is 24.3 Å². The van der Waals surface area contributed by atoms with Crippen molar-refractivity contribution in [3.05, 3.63) is 44.3 Å². The summed E-state index contributed by atoms with van der Waals surface area (Å²) in [7, 11) is 0. The lowest BCUT2D eigenvalue weighted by Crippen LogP contribution is -1.86. The molecule has 0 spiro atoms. The molecule has 0 atom stereocenters. The first kappa shape index (κ1) is 11.1. The maximum atomic E-state index is 8.94. The van der Waals surface area contributed by atoms with E-state index in [2.05, 4.69) is 31.9 Å². The summed E-state index contributed by atoms with van der Waals surface area (Å²) in [5.41, 5.74) is 0.794. The van der Waals surface area contributed by atoms with Gasteiger partial charge in [0.05, 0.1) is 11.1 Å². The van der Waals surface area contributed by atoms with E-state index in [0.29, 0.717) is 11.1 Å². The van der Waals surface area contributed by atoms with Crippen LogP contribution in [0.1, 0.15) is 11.1 Å². The zero-order chi connectivity index (χ0) is 11.7. The van der Waals surface area contributed by atoms with Crippen molar-refractivity contribution >= 4 is 42.6 Å². The van der Waals surface area contributed by atoms with E-state index in [1.165, 1.54) is 0 Å². The zero-order valence-electron chi connectivity index (χ0n) is 7.96. The van der Waals surface area contributed by atoms with Crippen LogP contribution in [0.4, 0.5) is 0 Å². The summed E-state index contributed by atoms with van der Waals surface area (Å²) in [6.45, 7) is 0. The van der Waals surface area contributed by atoms with Crippen LogP contribution in [0.3, 0.4) is 0 Å². The van der Waals surface area contributed by atoms with Crippen molar-refractivity contribution in [2.75, 3.05) is 0 Å². The van der Waals surface area contributed by atoms with Crippen LogP contribution in [0.25, 0.3) is 10.8 Å². The third kappa shape index (κ3) is 1.71. The summed E-state index contributed by atoms with van der Waals surface area (Å²) < 4.78 is 1.82. The second kappa shape index (κ2) is 4.25. The maximum absolute atomic E-state index is 8.94. The smallest absolute Gasteiger partial charge is 0.101 e. The highest BCUT2D eigenvalue weighted by Crippen LogP contribution is 2.32. The molecule has 0 aliphatic heterocycles. The van der Waals surface area contributed by atoms with Crippen LogP contribution in [-0.4, -0.2) is 0 Å². The van der Waals surface area contributed by atoms with Gasteiger partial charge in [-0.3, -0.25) is 0 Å². The molecule has 0 saturated carbocycles. The van der Waals surface area contributed by atoms with Crippen molar-refractivity contribution in [2.45, 2.75) is 0 Å². The summed E-state index contributed by atoms with van der Waals surface area (Å²) in [5, 5.41) is 19.7. The minimum atomic E-state index is 0.397. The van der Waals surface area contributed by atoms with Gasteiger partial charge in [-0.2, -0.15) is 10.5 Å². The van der Waals surface area contributed by atoms with Gasteiger partial charge in [0.15, 0.2) is 0 Å². The fourth-order valence-corrected chi connectivity index (χ4v) is 2.43. The first-order chi connectivity index (χ1) is 7.67. The Labute approximate surface area is 109 Å². The molecule has 2 aromatic rings. The second-order valence-corrected chi connectivity index (χ2v) is 4.90. The summed E-state index contributed by atoms with van der Waals surface area (Å²) in [4.78, 5) is 0. The summed E-state index contributed by atoms with van der Waals surface area (Å²) in [6, 6.07) is 11.3. The van der Waals surface area contributed by atoms with E-state index in [1.54, 1.807) is 12.1 Å². The van der Waals surface area contributed by atoms with Gasteiger partial charge in [0, 0.05) is 8.95 Å². The fourth-order valence-electron chi connectivity index (χ4n) is 1.51. The Morgan fingerprint density at radius 2 is 1.19 bits per heavy atom. The lowest BCUT2D eigenvalue weighted by atomic mass is 10.0. The lowest BCUT2D eigenvalue weighted by molar-refractivity contribution is 1.44. The van der Waals surface area contributed by atoms with Crippen LogP contribution in [0.2, 0.25) is 0 Å². The van der Waals surface area contributed by atoms with E-state index >= 15 is 0 Å². The Kier molecular flexibility index (Phi) is 2.96. The van der Waals surface area contributed by atoms with Gasteiger partial charge in [-0.15, -0.1) is 0 Å². The molecule has 2 aromatic carbocycles. The minimum Gasteiger partial charge on any atom is -0.192 e. The molecule has 0 fully saturated rings. The monoisotopic (exact) mass is 334 g/mol. The van der Waals surface area contributed by atoms with Gasteiger partial charge < -0.3 is 0 Å². The van der Waals surface area contributed by atoms with Crippen molar-refractivity contribution in [2.24, 2.45) is 0 Å². The minimum absolute atomic E-state index is 0.397. The molecule has 2 rings (SSSR count). The Hall–Kier alpha value is -1.36. The highest BCUT2D eigenvalue weighted by atomic mass is 79.9. The van der Waals surface area contributed by atoms with Crippen molar-refractivity contribution in [1.82, 2.24) is 0 Å². The number of nitrogens with zero attached hydrogens (tertiary/aromatic N) is 2. The molecule has 2 nitrogen and oxygen atoms in total. The fraction of sp³-hybridized carbons (Fsp3) is 0. The topological polar surface area (TPSA) is 47.6 Å². The summed E-state index contributed by atoms with van der Waals surface area (Å²) in [6.07, 6.45) is 0. The highest BCUT2D eigenvalue weighted by Gasteiger charge is 2.08.